The summed E-state index contributed by atoms with van der Waals surface area (Å²) in [4.78, 5) is 0. The van der Waals surface area contributed by atoms with E-state index in [9.17, 15) is 0 Å². The van der Waals surface area contributed by atoms with Crippen LogP contribution in [0.15, 0.2) is 97.1 Å². The van der Waals surface area contributed by atoms with Crippen LogP contribution >= 0.6 is 0 Å². The van der Waals surface area contributed by atoms with E-state index in [1.807, 2.05) is 0 Å². The van der Waals surface area contributed by atoms with Crippen molar-refractivity contribution in [3.05, 3.63) is 108 Å². The van der Waals surface area contributed by atoms with Gasteiger partial charge >= 0.3 is 26.2 Å². The Morgan fingerprint density at radius 2 is 1.31 bits per heavy atom. The number of halogens is 2. The molecular weight excluding hydrogens is 510 g/mol. The molecule has 0 saturated carbocycles. The predicted molar refractivity (Wildman–Crippen MR) is 128 cm³/mol. The van der Waals surface area contributed by atoms with Gasteiger partial charge in [0.15, 0.2) is 0 Å². The van der Waals surface area contributed by atoms with Gasteiger partial charge in [0.25, 0.3) is 0 Å². The van der Waals surface area contributed by atoms with E-state index in [2.05, 4.69) is 117 Å². The molecule has 5 aromatic rings. The van der Waals surface area contributed by atoms with Crippen molar-refractivity contribution in [2.45, 2.75) is 19.8 Å². The van der Waals surface area contributed by atoms with Crippen LogP contribution in [-0.4, -0.2) is 0 Å². The first-order valence-corrected chi connectivity index (χ1v) is 10.4. The maximum Gasteiger partial charge on any atom is 3.00 e. The molecule has 0 N–H and O–H groups in total. The number of hydrogen-bond donors (Lipinski definition) is 0. The smallest absolute Gasteiger partial charge is 1.00 e. The second-order valence-corrected chi connectivity index (χ2v) is 8.28. The van der Waals surface area contributed by atoms with Crippen molar-refractivity contribution in [1.82, 2.24) is 0 Å². The third-order valence-corrected chi connectivity index (χ3v) is 6.04. The molecule has 0 aliphatic heterocycles. The minimum absolute atomic E-state index is 0. The van der Waals surface area contributed by atoms with Crippen LogP contribution in [0.5, 0.6) is 0 Å². The summed E-state index contributed by atoms with van der Waals surface area (Å²) in [7, 11) is 0. The van der Waals surface area contributed by atoms with Gasteiger partial charge < -0.3 is 24.8 Å². The number of allylic oxidation sites excluding steroid dienone is 1. The van der Waals surface area contributed by atoms with E-state index in [-0.39, 0.29) is 51.0 Å². The average Bonchev–Trinajstić information content (AvgIpc) is 3.34. The van der Waals surface area contributed by atoms with E-state index in [0.717, 1.165) is 0 Å². The predicted octanol–water partition coefficient (Wildman–Crippen LogP) is 2.32. The van der Waals surface area contributed by atoms with Gasteiger partial charge in [0.1, 0.15) is 0 Å². The monoisotopic (exact) mass is 533 g/mol. The summed E-state index contributed by atoms with van der Waals surface area (Å²) in [6.07, 6.45) is 4.55. The van der Waals surface area contributed by atoms with Crippen LogP contribution in [0.3, 0.4) is 0 Å². The molecule has 0 amide bonds. The molecule has 1 radical (unpaired) electrons. The molecule has 1 unspecified atom stereocenters. The normalized spacial score (nSPS) is 13.7. The Labute approximate surface area is 222 Å². The van der Waals surface area contributed by atoms with Gasteiger partial charge in [-0.15, -0.1) is 39.7 Å². The van der Waals surface area contributed by atoms with Gasteiger partial charge in [-0.3, -0.25) is 0 Å². The fourth-order valence-electron chi connectivity index (χ4n) is 4.50. The fourth-order valence-corrected chi connectivity index (χ4v) is 4.50. The van der Waals surface area contributed by atoms with Crippen LogP contribution in [0.4, 0.5) is 0 Å². The largest absolute Gasteiger partial charge is 3.00 e. The van der Waals surface area contributed by atoms with Crippen molar-refractivity contribution in [1.29, 1.82) is 0 Å². The van der Waals surface area contributed by atoms with Gasteiger partial charge in [-0.2, -0.15) is 0 Å². The Bertz CT molecular complexity index is 1340. The standard InChI is InChI=1S/C17H11.C12H14.2ClH.Zr/c1-2-6-13-11-17-15(9-12(13)5-1)10-14-7-3-4-8-16(14)17;1-9(2)11-8-7-10-5-3-4-6-12(10)11;;;/h1-11H;3-9,11H,1-2H3;2*1H;/q-1;;;;+3/p-2. The summed E-state index contributed by atoms with van der Waals surface area (Å²) >= 11 is 0. The minimum Gasteiger partial charge on any atom is -1.00 e. The zero-order valence-corrected chi connectivity index (χ0v) is 22.2. The van der Waals surface area contributed by atoms with E-state index in [0.29, 0.717) is 11.8 Å². The fraction of sp³-hybridized carbons (Fsp3) is 0.138. The van der Waals surface area contributed by atoms with Crippen LogP contribution in [0.1, 0.15) is 30.9 Å². The van der Waals surface area contributed by atoms with Gasteiger partial charge in [0, 0.05) is 5.92 Å². The molecule has 32 heavy (non-hydrogen) atoms. The van der Waals surface area contributed by atoms with E-state index >= 15 is 0 Å². The van der Waals surface area contributed by atoms with Gasteiger partial charge in [0.05, 0.1) is 0 Å². The molecule has 0 bridgehead atoms. The molecule has 6 rings (SSSR count). The third kappa shape index (κ3) is 5.07. The Balaban J connectivity index is 0.000000218. The second-order valence-electron chi connectivity index (χ2n) is 8.28. The van der Waals surface area contributed by atoms with Crippen molar-refractivity contribution in [2.24, 2.45) is 5.92 Å². The van der Waals surface area contributed by atoms with Crippen molar-refractivity contribution >= 4 is 38.4 Å². The summed E-state index contributed by atoms with van der Waals surface area (Å²) in [6.45, 7) is 4.55. The van der Waals surface area contributed by atoms with Gasteiger partial charge in [-0.05, 0) is 22.4 Å². The zero-order valence-electron chi connectivity index (χ0n) is 18.2. The van der Waals surface area contributed by atoms with E-state index in [1.165, 1.54) is 43.4 Å². The van der Waals surface area contributed by atoms with Gasteiger partial charge in [0.2, 0.25) is 0 Å². The van der Waals surface area contributed by atoms with Crippen LogP contribution in [0.2, 0.25) is 0 Å². The van der Waals surface area contributed by atoms with Crippen molar-refractivity contribution in [3.63, 3.8) is 0 Å². The minimum atomic E-state index is 0. The van der Waals surface area contributed by atoms with Crippen LogP contribution < -0.4 is 24.8 Å². The van der Waals surface area contributed by atoms with Crippen molar-refractivity contribution < 1.29 is 51.0 Å². The molecule has 0 nitrogen and oxygen atoms in total. The summed E-state index contributed by atoms with van der Waals surface area (Å²) in [5.41, 5.74) is 2.89. The number of benzene rings is 4. The molecule has 0 fully saturated rings. The maximum absolute atomic E-state index is 2.31. The zero-order chi connectivity index (χ0) is 19.8. The molecule has 1 aliphatic rings. The summed E-state index contributed by atoms with van der Waals surface area (Å²) < 4.78 is 0. The molecule has 3 heteroatoms. The topological polar surface area (TPSA) is 0 Å². The Hall–Kier alpha value is -1.79. The first-order chi connectivity index (χ1) is 14.2. The van der Waals surface area contributed by atoms with Gasteiger partial charge in [-0.1, -0.05) is 104 Å². The molecule has 0 heterocycles. The number of hydrogen-bond acceptors (Lipinski definition) is 0. The molecule has 5 aromatic carbocycles. The van der Waals surface area contributed by atoms with Crippen LogP contribution in [0.25, 0.3) is 38.4 Å². The Morgan fingerprint density at radius 3 is 2.06 bits per heavy atom. The van der Waals surface area contributed by atoms with Crippen molar-refractivity contribution in [3.8, 4) is 0 Å². The molecule has 159 valence electrons. The molecular formula is C29H25Cl2Zr. The second kappa shape index (κ2) is 11.4. The molecule has 1 atom stereocenters. The van der Waals surface area contributed by atoms with Crippen LogP contribution in [-0.2, 0) is 26.2 Å². The van der Waals surface area contributed by atoms with E-state index < -0.39 is 0 Å². The maximum atomic E-state index is 2.31. The summed E-state index contributed by atoms with van der Waals surface area (Å²) in [5.74, 6) is 1.35. The quantitative estimate of drug-likeness (QED) is 0.289. The first-order valence-electron chi connectivity index (χ1n) is 10.4. The Morgan fingerprint density at radius 1 is 0.688 bits per heavy atom. The number of fused-ring (bicyclic) bond motifs is 5. The Kier molecular flexibility index (Phi) is 9.41. The third-order valence-electron chi connectivity index (χ3n) is 6.04. The van der Waals surface area contributed by atoms with Crippen LogP contribution in [0, 0.1) is 5.92 Å². The average molecular weight is 536 g/mol. The van der Waals surface area contributed by atoms with Crippen molar-refractivity contribution in [2.75, 3.05) is 0 Å². The number of rotatable bonds is 1. The van der Waals surface area contributed by atoms with Gasteiger partial charge in [-0.25, -0.2) is 0 Å². The van der Waals surface area contributed by atoms with E-state index in [4.69, 9.17) is 0 Å². The first kappa shape index (κ1) is 26.5. The summed E-state index contributed by atoms with van der Waals surface area (Å²) in [5, 5.41) is 8.02. The molecule has 0 saturated heterocycles. The molecule has 0 aromatic heterocycles. The van der Waals surface area contributed by atoms with E-state index in [1.54, 1.807) is 0 Å². The SMILES string of the molecule is CC(C)C1C=Cc2ccccc21.[Cl-].[Cl-].[Zr+3].c1ccc2cc3c(cc2c1)[cH-]c1ccccc13. The molecule has 1 aliphatic carbocycles. The summed E-state index contributed by atoms with van der Waals surface area (Å²) in [6, 6.07) is 32.6. The molecule has 0 spiro atoms.